The molecule has 3 aromatic rings. The lowest BCUT2D eigenvalue weighted by molar-refractivity contribution is -0.117. The van der Waals surface area contributed by atoms with Gasteiger partial charge < -0.3 is 15.0 Å². The number of carbonyl (C=O) groups excluding carboxylic acids is 1. The number of benzene rings is 1. The van der Waals surface area contributed by atoms with Crippen LogP contribution in [0.5, 0.6) is 5.75 Å². The van der Waals surface area contributed by atoms with Gasteiger partial charge in [0.15, 0.2) is 11.6 Å². The maximum atomic E-state index is 13.6. The summed E-state index contributed by atoms with van der Waals surface area (Å²) in [6.45, 7) is 4.18. The number of para-hydroxylation sites is 1. The first-order valence-electron chi connectivity index (χ1n) is 11.4. The second-order valence-corrected chi connectivity index (χ2v) is 9.54. The lowest BCUT2D eigenvalue weighted by atomic mass is 9.96. The first-order chi connectivity index (χ1) is 16.2. The Hall–Kier alpha value is -2.26. The predicted molar refractivity (Wildman–Crippen MR) is 142 cm³/mol. The van der Waals surface area contributed by atoms with Crippen LogP contribution in [0.1, 0.15) is 25.0 Å². The Morgan fingerprint density at radius 2 is 1.94 bits per heavy atom. The van der Waals surface area contributed by atoms with Crippen molar-refractivity contribution in [2.75, 3.05) is 32.8 Å². The summed E-state index contributed by atoms with van der Waals surface area (Å²) in [6.07, 6.45) is 6.71. The molecule has 6 nitrogen and oxygen atoms in total. The lowest BCUT2D eigenvalue weighted by Crippen LogP contribution is -2.39. The zero-order valence-corrected chi connectivity index (χ0v) is 21.6. The first-order valence-corrected chi connectivity index (χ1v) is 12.2. The molecule has 1 saturated heterocycles. The van der Waals surface area contributed by atoms with Gasteiger partial charge >= 0.3 is 0 Å². The van der Waals surface area contributed by atoms with Crippen molar-refractivity contribution >= 4 is 54.2 Å². The van der Waals surface area contributed by atoms with Crippen LogP contribution in [0, 0.1) is 11.7 Å². The van der Waals surface area contributed by atoms with Crippen LogP contribution in [0.2, 0.25) is 0 Å². The molecule has 4 heterocycles. The highest BCUT2D eigenvalue weighted by molar-refractivity contribution is 8.04. The normalized spacial score (nSPS) is 15.6. The summed E-state index contributed by atoms with van der Waals surface area (Å²) >= 11 is 1.49. The maximum Gasteiger partial charge on any atom is 0.258 e. The number of pyridine rings is 1. The van der Waals surface area contributed by atoms with Crippen molar-refractivity contribution in [3.05, 3.63) is 65.1 Å². The second-order valence-electron chi connectivity index (χ2n) is 8.48. The molecule has 0 atom stereocenters. The van der Waals surface area contributed by atoms with Crippen LogP contribution in [-0.2, 0) is 4.79 Å². The topological polar surface area (TPSA) is 58.9 Å². The van der Waals surface area contributed by atoms with E-state index in [0.29, 0.717) is 29.7 Å². The summed E-state index contributed by atoms with van der Waals surface area (Å²) in [6, 6.07) is 12.5. The number of piperidine rings is 1. The molecule has 2 aliphatic rings. The van der Waals surface area contributed by atoms with E-state index in [4.69, 9.17) is 4.74 Å². The van der Waals surface area contributed by atoms with E-state index in [1.807, 2.05) is 30.5 Å². The minimum absolute atomic E-state index is 0. The van der Waals surface area contributed by atoms with E-state index in [1.54, 1.807) is 18.2 Å². The van der Waals surface area contributed by atoms with Gasteiger partial charge in [0.1, 0.15) is 5.65 Å². The number of nitrogens with one attached hydrogen (secondary N) is 1. The zero-order chi connectivity index (χ0) is 22.6. The molecule has 5 rings (SSSR count). The Labute approximate surface area is 221 Å². The number of carbonyl (C=O) groups is 1. The third-order valence-corrected chi connectivity index (χ3v) is 7.26. The van der Waals surface area contributed by atoms with Crippen molar-refractivity contribution in [3.63, 3.8) is 0 Å². The number of hydrogen-bond donors (Lipinski definition) is 1. The largest absolute Gasteiger partial charge is 0.490 e. The molecule has 35 heavy (non-hydrogen) atoms. The van der Waals surface area contributed by atoms with Gasteiger partial charge in [0.05, 0.1) is 28.4 Å². The SMILES string of the molecule is Cl.Cl.O=C(NCC1CCN(CCCOc2ccccc2F)CC1)C1=Cc2cnc3cccc(n23)S1. The number of halogens is 3. The van der Waals surface area contributed by atoms with Gasteiger partial charge in [-0.3, -0.25) is 9.20 Å². The molecule has 1 fully saturated rings. The van der Waals surface area contributed by atoms with Crippen molar-refractivity contribution in [1.29, 1.82) is 0 Å². The van der Waals surface area contributed by atoms with Gasteiger partial charge in [0.2, 0.25) is 0 Å². The van der Waals surface area contributed by atoms with Gasteiger partial charge in [-0.1, -0.05) is 30.0 Å². The fourth-order valence-electron chi connectivity index (χ4n) is 4.37. The maximum absolute atomic E-state index is 13.6. The number of amides is 1. The number of hydrogen-bond acceptors (Lipinski definition) is 5. The third-order valence-electron chi connectivity index (χ3n) is 6.21. The molecule has 2 aromatic heterocycles. The monoisotopic (exact) mass is 538 g/mol. The molecule has 2 aliphatic heterocycles. The third kappa shape index (κ3) is 6.50. The predicted octanol–water partition coefficient (Wildman–Crippen LogP) is 5.06. The van der Waals surface area contributed by atoms with Crippen LogP contribution < -0.4 is 10.1 Å². The fraction of sp³-hybridized carbons (Fsp3) is 0.360. The number of thioether (sulfide) groups is 1. The molecule has 188 valence electrons. The summed E-state index contributed by atoms with van der Waals surface area (Å²) in [5.41, 5.74) is 1.84. The Morgan fingerprint density at radius 3 is 2.74 bits per heavy atom. The highest BCUT2D eigenvalue weighted by Gasteiger charge is 2.23. The van der Waals surface area contributed by atoms with Gasteiger partial charge in [-0.15, -0.1) is 24.8 Å². The standard InChI is InChI=1S/C25H27FN4O2S.2ClH/c26-20-5-1-2-6-21(20)32-14-4-11-29-12-9-18(10-13-29)16-28-25(31)22-15-19-17-27-23-7-3-8-24(33-22)30(19)23;;/h1-3,5-8,15,17-18H,4,9-14,16H2,(H,28,31);2*1H. The van der Waals surface area contributed by atoms with Gasteiger partial charge in [-0.2, -0.15) is 0 Å². The smallest absolute Gasteiger partial charge is 0.258 e. The van der Waals surface area contributed by atoms with E-state index < -0.39 is 0 Å². The van der Waals surface area contributed by atoms with Crippen molar-refractivity contribution in [1.82, 2.24) is 19.6 Å². The van der Waals surface area contributed by atoms with Gasteiger partial charge in [-0.25, -0.2) is 9.37 Å². The van der Waals surface area contributed by atoms with Gasteiger partial charge in [0.25, 0.3) is 5.91 Å². The minimum atomic E-state index is -0.314. The molecular weight excluding hydrogens is 510 g/mol. The van der Waals surface area contributed by atoms with Crippen LogP contribution in [0.25, 0.3) is 11.7 Å². The number of ether oxygens (including phenoxy) is 1. The molecular formula is C25H29Cl2FN4O2S. The Balaban J connectivity index is 0.00000171. The van der Waals surface area contributed by atoms with Crippen LogP contribution >= 0.6 is 36.6 Å². The molecule has 0 radical (unpaired) electrons. The molecule has 10 heteroatoms. The van der Waals surface area contributed by atoms with E-state index in [-0.39, 0.29) is 36.5 Å². The lowest BCUT2D eigenvalue weighted by Gasteiger charge is -2.32. The second kappa shape index (κ2) is 12.6. The van der Waals surface area contributed by atoms with Crippen LogP contribution in [0.15, 0.2) is 58.6 Å². The van der Waals surface area contributed by atoms with E-state index in [9.17, 15) is 9.18 Å². The number of imidazole rings is 1. The average Bonchev–Trinajstić information content (AvgIpc) is 3.26. The first kappa shape index (κ1) is 27.3. The number of aromatic nitrogens is 2. The van der Waals surface area contributed by atoms with E-state index in [0.717, 1.165) is 55.3 Å². The molecule has 0 aliphatic carbocycles. The molecule has 0 bridgehead atoms. The zero-order valence-electron chi connectivity index (χ0n) is 19.2. The average molecular weight is 540 g/mol. The summed E-state index contributed by atoms with van der Waals surface area (Å²) in [7, 11) is 0. The molecule has 0 unspecified atom stereocenters. The van der Waals surface area contributed by atoms with Crippen molar-refractivity contribution in [2.24, 2.45) is 5.92 Å². The Morgan fingerprint density at radius 1 is 1.14 bits per heavy atom. The fourth-order valence-corrected chi connectivity index (χ4v) is 5.38. The number of nitrogens with zero attached hydrogens (tertiary/aromatic N) is 3. The van der Waals surface area contributed by atoms with Crippen molar-refractivity contribution in [3.8, 4) is 5.75 Å². The van der Waals surface area contributed by atoms with Gasteiger partial charge in [-0.05, 0) is 68.6 Å². The molecule has 1 aromatic carbocycles. The summed E-state index contributed by atoms with van der Waals surface area (Å²) < 4.78 is 21.2. The summed E-state index contributed by atoms with van der Waals surface area (Å²) in [4.78, 5) is 20.3. The van der Waals surface area contributed by atoms with Crippen molar-refractivity contribution in [2.45, 2.75) is 24.3 Å². The molecule has 0 saturated carbocycles. The minimum Gasteiger partial charge on any atom is -0.490 e. The Bertz CT molecular complexity index is 1180. The van der Waals surface area contributed by atoms with Crippen LogP contribution in [-0.4, -0.2) is 53.0 Å². The summed E-state index contributed by atoms with van der Waals surface area (Å²) in [5.74, 6) is 0.477. The van der Waals surface area contributed by atoms with Crippen LogP contribution in [0.4, 0.5) is 4.39 Å². The van der Waals surface area contributed by atoms with E-state index in [1.165, 1.54) is 17.8 Å². The number of rotatable bonds is 8. The highest BCUT2D eigenvalue weighted by Crippen LogP contribution is 2.34. The Kier molecular flexibility index (Phi) is 9.86. The molecule has 1 N–H and O–H groups in total. The van der Waals surface area contributed by atoms with E-state index >= 15 is 0 Å². The van der Waals surface area contributed by atoms with Crippen molar-refractivity contribution < 1.29 is 13.9 Å². The quantitative estimate of drug-likeness (QED) is 0.406. The molecule has 0 spiro atoms. The van der Waals surface area contributed by atoms with Crippen LogP contribution in [0.3, 0.4) is 0 Å². The summed E-state index contributed by atoms with van der Waals surface area (Å²) in [5, 5.41) is 4.15. The van der Waals surface area contributed by atoms with Gasteiger partial charge in [0, 0.05) is 13.1 Å². The highest BCUT2D eigenvalue weighted by atomic mass is 35.5. The van der Waals surface area contributed by atoms with E-state index in [2.05, 4.69) is 19.6 Å². The number of likely N-dealkylation sites (tertiary alicyclic amines) is 1. The molecule has 1 amide bonds.